The summed E-state index contributed by atoms with van der Waals surface area (Å²) < 4.78 is 16.8. The predicted octanol–water partition coefficient (Wildman–Crippen LogP) is 2.32. The van der Waals surface area contributed by atoms with Crippen LogP contribution in [0.15, 0.2) is 0 Å². The lowest BCUT2D eigenvalue weighted by Crippen LogP contribution is -2.36. The van der Waals surface area contributed by atoms with Crippen LogP contribution in [0.1, 0.15) is 50.9 Å². The number of carbonyl (C=O) groups excluding carboxylic acids is 1. The van der Waals surface area contributed by atoms with Crippen LogP contribution in [0.5, 0.6) is 0 Å². The van der Waals surface area contributed by atoms with Gasteiger partial charge in [0.25, 0.3) is 0 Å². The molecule has 0 N–H and O–H groups in total. The van der Waals surface area contributed by atoms with Gasteiger partial charge in [0.05, 0.1) is 5.69 Å². The Bertz CT molecular complexity index is 455. The van der Waals surface area contributed by atoms with E-state index in [1.165, 1.54) is 0 Å². The zero-order valence-corrected chi connectivity index (χ0v) is 11.2. The van der Waals surface area contributed by atoms with Gasteiger partial charge in [-0.1, -0.05) is 25.5 Å². The van der Waals surface area contributed by atoms with Gasteiger partial charge in [0.2, 0.25) is 5.67 Å². The molecule has 1 aliphatic carbocycles. The van der Waals surface area contributed by atoms with Gasteiger partial charge in [-0.2, -0.15) is 0 Å². The Morgan fingerprint density at radius 3 is 2.78 bits per heavy atom. The monoisotopic (exact) mass is 253 g/mol. The minimum Gasteiger partial charge on any atom is -0.295 e. The highest BCUT2D eigenvalue weighted by atomic mass is 19.1. The van der Waals surface area contributed by atoms with Gasteiger partial charge >= 0.3 is 0 Å². The van der Waals surface area contributed by atoms with Crippen molar-refractivity contribution in [3.05, 3.63) is 11.4 Å². The molecule has 0 fully saturated rings. The van der Waals surface area contributed by atoms with E-state index in [2.05, 4.69) is 10.3 Å². The minimum atomic E-state index is -1.95. The second-order valence-electron chi connectivity index (χ2n) is 5.39. The lowest BCUT2D eigenvalue weighted by Gasteiger charge is -2.26. The third-order valence-corrected chi connectivity index (χ3v) is 3.67. The Balaban J connectivity index is 2.50. The van der Waals surface area contributed by atoms with E-state index in [0.29, 0.717) is 0 Å². The van der Waals surface area contributed by atoms with Crippen molar-refractivity contribution in [2.24, 2.45) is 13.0 Å². The molecule has 0 saturated carbocycles. The quantitative estimate of drug-likeness (QED) is 0.812. The summed E-state index contributed by atoms with van der Waals surface area (Å²) in [6.45, 7) is 3.47. The van der Waals surface area contributed by atoms with Crippen molar-refractivity contribution >= 4 is 5.78 Å². The van der Waals surface area contributed by atoms with Crippen LogP contribution >= 0.6 is 0 Å². The van der Waals surface area contributed by atoms with Crippen molar-refractivity contribution < 1.29 is 9.18 Å². The largest absolute Gasteiger partial charge is 0.295 e. The van der Waals surface area contributed by atoms with Crippen LogP contribution in [0, 0.1) is 5.92 Å². The number of halogens is 1. The van der Waals surface area contributed by atoms with Crippen LogP contribution in [0.4, 0.5) is 4.39 Å². The first-order chi connectivity index (χ1) is 8.47. The summed E-state index contributed by atoms with van der Waals surface area (Å²) in [5, 5.41) is 7.82. The number of carbonyl (C=O) groups is 1. The van der Waals surface area contributed by atoms with Crippen molar-refractivity contribution in [1.29, 1.82) is 0 Å². The van der Waals surface area contributed by atoms with Crippen LogP contribution in [0.2, 0.25) is 0 Å². The average Bonchev–Trinajstić information content (AvgIpc) is 2.66. The number of aryl methyl sites for hydroxylation is 1. The first kappa shape index (κ1) is 13.2. The highest BCUT2D eigenvalue weighted by Crippen LogP contribution is 2.38. The first-order valence-electron chi connectivity index (χ1n) is 6.59. The number of Topliss-reactive ketones (excluding diaryl/α,β-unsaturated/α-hetero) is 1. The fourth-order valence-electron chi connectivity index (χ4n) is 2.62. The van der Waals surface area contributed by atoms with Gasteiger partial charge in [-0.15, -0.1) is 5.10 Å². The van der Waals surface area contributed by atoms with Crippen molar-refractivity contribution in [2.75, 3.05) is 0 Å². The summed E-state index contributed by atoms with van der Waals surface area (Å²) in [7, 11) is 1.76. The fourth-order valence-corrected chi connectivity index (χ4v) is 2.62. The lowest BCUT2D eigenvalue weighted by molar-refractivity contribution is -0.135. The number of aromatic nitrogens is 3. The Kier molecular flexibility index (Phi) is 3.50. The summed E-state index contributed by atoms with van der Waals surface area (Å²) in [6.07, 6.45) is 3.65. The number of hydrogen-bond donors (Lipinski definition) is 0. The molecule has 1 aromatic rings. The van der Waals surface area contributed by atoms with Crippen molar-refractivity contribution in [3.63, 3.8) is 0 Å². The summed E-state index contributed by atoms with van der Waals surface area (Å²) in [4.78, 5) is 12.2. The van der Waals surface area contributed by atoms with E-state index >= 15 is 4.39 Å². The average molecular weight is 253 g/mol. The van der Waals surface area contributed by atoms with E-state index in [-0.39, 0.29) is 23.8 Å². The molecule has 1 atom stereocenters. The second-order valence-corrected chi connectivity index (χ2v) is 5.39. The number of nitrogens with zero attached hydrogens (tertiary/aromatic N) is 3. The number of rotatable bonds is 2. The standard InChI is InChI=1S/C13H20FN3O/c1-9(2)12(18)13(14)8-6-4-5-7-10-11(13)15-16-17(10)3/h9H,4-8H2,1-3H3. The molecule has 0 spiro atoms. The number of alkyl halides is 1. The maximum absolute atomic E-state index is 15.2. The molecule has 1 unspecified atom stereocenters. The number of ketones is 1. The van der Waals surface area contributed by atoms with Crippen LogP contribution in [-0.2, 0) is 23.9 Å². The van der Waals surface area contributed by atoms with Gasteiger partial charge in [0, 0.05) is 13.0 Å². The molecule has 0 saturated heterocycles. The molecule has 1 aromatic heterocycles. The van der Waals surface area contributed by atoms with E-state index in [0.717, 1.165) is 31.4 Å². The highest BCUT2D eigenvalue weighted by Gasteiger charge is 2.45. The molecule has 100 valence electrons. The predicted molar refractivity (Wildman–Crippen MR) is 65.8 cm³/mol. The van der Waals surface area contributed by atoms with Gasteiger partial charge in [0.15, 0.2) is 5.78 Å². The second kappa shape index (κ2) is 4.78. The van der Waals surface area contributed by atoms with Crippen LogP contribution in [0.25, 0.3) is 0 Å². The minimum absolute atomic E-state index is 0.232. The molecule has 0 bridgehead atoms. The van der Waals surface area contributed by atoms with Gasteiger partial charge in [-0.25, -0.2) is 4.39 Å². The van der Waals surface area contributed by atoms with Crippen LogP contribution in [0.3, 0.4) is 0 Å². The van der Waals surface area contributed by atoms with Crippen LogP contribution in [-0.4, -0.2) is 20.8 Å². The van der Waals surface area contributed by atoms with Crippen molar-refractivity contribution in [3.8, 4) is 0 Å². The van der Waals surface area contributed by atoms with Crippen LogP contribution < -0.4 is 0 Å². The van der Waals surface area contributed by atoms with Crippen molar-refractivity contribution in [1.82, 2.24) is 15.0 Å². The summed E-state index contributed by atoms with van der Waals surface area (Å²) >= 11 is 0. The molecule has 0 radical (unpaired) electrons. The lowest BCUT2D eigenvalue weighted by atomic mass is 9.82. The fraction of sp³-hybridized carbons (Fsp3) is 0.769. The molecule has 0 amide bonds. The molecule has 0 aliphatic heterocycles. The molecule has 18 heavy (non-hydrogen) atoms. The van der Waals surface area contributed by atoms with Gasteiger partial charge in [-0.05, 0) is 25.7 Å². The molecule has 0 aromatic carbocycles. The summed E-state index contributed by atoms with van der Waals surface area (Å²) in [6, 6.07) is 0. The Morgan fingerprint density at radius 1 is 1.39 bits per heavy atom. The van der Waals surface area contributed by atoms with Gasteiger partial charge in [-0.3, -0.25) is 9.48 Å². The highest BCUT2D eigenvalue weighted by molar-refractivity contribution is 5.89. The zero-order valence-electron chi connectivity index (χ0n) is 11.2. The van der Waals surface area contributed by atoms with Gasteiger partial charge in [0.1, 0.15) is 5.69 Å². The molecule has 4 nitrogen and oxygen atoms in total. The molecule has 5 heteroatoms. The molecular formula is C13H20FN3O. The maximum atomic E-state index is 15.2. The summed E-state index contributed by atoms with van der Waals surface area (Å²) in [5.41, 5.74) is -0.923. The molecule has 2 rings (SSSR count). The Hall–Kier alpha value is -1.26. The topological polar surface area (TPSA) is 47.8 Å². The molecular weight excluding hydrogens is 233 g/mol. The van der Waals surface area contributed by atoms with E-state index in [4.69, 9.17) is 0 Å². The third kappa shape index (κ3) is 2.06. The van der Waals surface area contributed by atoms with E-state index in [1.54, 1.807) is 25.6 Å². The SMILES string of the molecule is CC(C)C(=O)C1(F)CCCCCc2c1nnn2C. The Labute approximate surface area is 107 Å². The normalized spacial score (nSPS) is 24.5. The zero-order chi connectivity index (χ0) is 13.3. The molecule has 1 heterocycles. The van der Waals surface area contributed by atoms with Crippen molar-refractivity contribution in [2.45, 2.75) is 51.6 Å². The third-order valence-electron chi connectivity index (χ3n) is 3.67. The first-order valence-corrected chi connectivity index (χ1v) is 6.59. The number of fused-ring (bicyclic) bond motifs is 1. The molecule has 1 aliphatic rings. The van der Waals surface area contributed by atoms with Gasteiger partial charge < -0.3 is 0 Å². The maximum Gasteiger partial charge on any atom is 0.214 e. The van der Waals surface area contributed by atoms with E-state index < -0.39 is 5.67 Å². The number of hydrogen-bond acceptors (Lipinski definition) is 3. The van der Waals surface area contributed by atoms with E-state index in [1.807, 2.05) is 0 Å². The summed E-state index contributed by atoms with van der Waals surface area (Å²) in [5.74, 6) is -0.699. The smallest absolute Gasteiger partial charge is 0.214 e. The van der Waals surface area contributed by atoms with E-state index in [9.17, 15) is 4.79 Å². The Morgan fingerprint density at radius 2 is 2.11 bits per heavy atom.